The van der Waals surface area contributed by atoms with Gasteiger partial charge >= 0.3 is 11.9 Å². The molecular formula is C22H30N4O10. The van der Waals surface area contributed by atoms with Crippen molar-refractivity contribution in [1.82, 2.24) is 10.9 Å². The monoisotopic (exact) mass is 510 g/mol. The van der Waals surface area contributed by atoms with Crippen molar-refractivity contribution < 1.29 is 49.1 Å². The van der Waals surface area contributed by atoms with Crippen molar-refractivity contribution in [1.29, 1.82) is 0 Å². The summed E-state index contributed by atoms with van der Waals surface area (Å²) in [6.45, 7) is 3.85. The van der Waals surface area contributed by atoms with Gasteiger partial charge in [0.15, 0.2) is 25.4 Å². The average molecular weight is 511 g/mol. The fourth-order valence-corrected chi connectivity index (χ4v) is 1.92. The van der Waals surface area contributed by atoms with Gasteiger partial charge in [-0.15, -0.1) is 0 Å². The molecule has 0 fully saturated rings. The molecule has 14 heteroatoms. The third-order valence-electron chi connectivity index (χ3n) is 3.91. The van der Waals surface area contributed by atoms with Crippen LogP contribution in [0.1, 0.15) is 11.1 Å². The van der Waals surface area contributed by atoms with E-state index in [1.54, 1.807) is 24.3 Å². The number of carbonyl (C=O) groups is 4. The number of hydrogen-bond donors (Lipinski definition) is 8. The lowest BCUT2D eigenvalue weighted by atomic mass is 10.2. The van der Waals surface area contributed by atoms with Crippen LogP contribution in [0, 0.1) is 13.8 Å². The van der Waals surface area contributed by atoms with Crippen molar-refractivity contribution in [3.8, 4) is 11.5 Å². The number of hydrazine groups is 2. The van der Waals surface area contributed by atoms with Gasteiger partial charge in [-0.1, -0.05) is 35.4 Å². The highest BCUT2D eigenvalue weighted by Gasteiger charge is 2.29. The van der Waals surface area contributed by atoms with Crippen LogP contribution < -0.4 is 32.0 Å². The van der Waals surface area contributed by atoms with E-state index in [2.05, 4.69) is 0 Å². The molecule has 0 spiro atoms. The second-order valence-electron chi connectivity index (χ2n) is 6.90. The summed E-state index contributed by atoms with van der Waals surface area (Å²) in [5, 5.41) is 32.5. The largest absolute Gasteiger partial charge is 0.484 e. The minimum atomic E-state index is -2.27. The molecule has 2 aromatic rings. The van der Waals surface area contributed by atoms with Gasteiger partial charge in [0.25, 0.3) is 11.8 Å². The Bertz CT molecular complexity index is 888. The molecule has 0 heterocycles. The Labute approximate surface area is 206 Å². The number of ether oxygens (including phenoxy) is 2. The Morgan fingerprint density at radius 2 is 0.972 bits per heavy atom. The van der Waals surface area contributed by atoms with Crippen LogP contribution in [0.25, 0.3) is 0 Å². The minimum Gasteiger partial charge on any atom is -0.484 e. The number of nitrogens with two attached hydrogens (primary N) is 2. The van der Waals surface area contributed by atoms with Gasteiger partial charge in [-0.2, -0.15) is 0 Å². The normalized spacial score (nSPS) is 11.2. The maximum Gasteiger partial charge on any atom is 0.335 e. The van der Waals surface area contributed by atoms with E-state index >= 15 is 0 Å². The molecule has 198 valence electrons. The first-order valence-electron chi connectivity index (χ1n) is 10.1. The standard InChI is InChI=1S/2C9H12N2O2.C4H6O6/c2*1-7-2-4-8(5-3-7)13-6-9(12)11-10;5-1(3(7)8)2(6)4(9)10/h2*2-5H,6,10H2,1H3,(H,11,12);1-2,5-6H,(H,7,8)(H,9,10). The molecule has 2 rings (SSSR count). The van der Waals surface area contributed by atoms with Crippen LogP contribution >= 0.6 is 0 Å². The first kappa shape index (κ1) is 31.8. The predicted octanol–water partition coefficient (Wildman–Crippen LogP) is -1.40. The summed E-state index contributed by atoms with van der Waals surface area (Å²) in [5.74, 6) is 6.85. The number of benzene rings is 2. The molecule has 0 aliphatic carbocycles. The average Bonchev–Trinajstić information content (AvgIpc) is 2.87. The predicted molar refractivity (Wildman–Crippen MR) is 125 cm³/mol. The molecule has 2 atom stereocenters. The minimum absolute atomic E-state index is 0.0560. The maximum absolute atomic E-state index is 10.7. The molecule has 0 bridgehead atoms. The number of hydrogen-bond acceptors (Lipinski definition) is 10. The zero-order chi connectivity index (χ0) is 27.7. The SMILES string of the molecule is Cc1ccc(OCC(=O)NN)cc1.Cc1ccc(OCC(=O)NN)cc1.O=C(O)C(O)C(O)C(=O)O. The van der Waals surface area contributed by atoms with Crippen LogP contribution in [0.3, 0.4) is 0 Å². The number of carboxylic acids is 2. The number of amides is 2. The van der Waals surface area contributed by atoms with E-state index in [1.165, 1.54) is 0 Å². The summed E-state index contributed by atoms with van der Waals surface area (Å²) >= 11 is 0. The van der Waals surface area contributed by atoms with Crippen LogP contribution in [-0.4, -0.2) is 69.6 Å². The zero-order valence-corrected chi connectivity index (χ0v) is 19.6. The van der Waals surface area contributed by atoms with Crippen LogP contribution in [0.4, 0.5) is 0 Å². The molecule has 14 nitrogen and oxygen atoms in total. The molecule has 0 saturated carbocycles. The van der Waals surface area contributed by atoms with Crippen LogP contribution in [0.15, 0.2) is 48.5 Å². The van der Waals surface area contributed by atoms with Gasteiger partial charge in [-0.25, -0.2) is 21.3 Å². The van der Waals surface area contributed by atoms with E-state index in [9.17, 15) is 19.2 Å². The topological polar surface area (TPSA) is 244 Å². The highest BCUT2D eigenvalue weighted by molar-refractivity contribution is 5.83. The summed E-state index contributed by atoms with van der Waals surface area (Å²) in [5.41, 5.74) is 6.26. The Kier molecular flexibility index (Phi) is 15.2. The number of aryl methyl sites for hydroxylation is 2. The first-order chi connectivity index (χ1) is 16.9. The third-order valence-corrected chi connectivity index (χ3v) is 3.91. The summed E-state index contributed by atoms with van der Waals surface area (Å²) in [7, 11) is 0. The van der Waals surface area contributed by atoms with E-state index in [0.29, 0.717) is 11.5 Å². The summed E-state index contributed by atoms with van der Waals surface area (Å²) in [4.78, 5) is 40.9. The lowest BCUT2D eigenvalue weighted by molar-refractivity contribution is -0.165. The van der Waals surface area contributed by atoms with Crippen molar-refractivity contribution >= 4 is 23.8 Å². The summed E-state index contributed by atoms with van der Waals surface area (Å²) < 4.78 is 10.2. The lowest BCUT2D eigenvalue weighted by Crippen LogP contribution is -2.39. The molecule has 2 unspecified atom stereocenters. The van der Waals surface area contributed by atoms with Gasteiger partial charge in [0, 0.05) is 0 Å². The van der Waals surface area contributed by atoms with Crippen molar-refractivity contribution in [3.05, 3.63) is 59.7 Å². The highest BCUT2D eigenvalue weighted by Crippen LogP contribution is 2.11. The second-order valence-corrected chi connectivity index (χ2v) is 6.90. The van der Waals surface area contributed by atoms with Crippen LogP contribution in [0.2, 0.25) is 0 Å². The Morgan fingerprint density at radius 1 is 0.694 bits per heavy atom. The molecule has 0 aliphatic heterocycles. The zero-order valence-electron chi connectivity index (χ0n) is 19.6. The second kappa shape index (κ2) is 17.2. The number of rotatable bonds is 9. The Morgan fingerprint density at radius 3 is 1.19 bits per heavy atom. The Balaban J connectivity index is 0.000000517. The maximum atomic E-state index is 10.7. The number of aliphatic hydroxyl groups is 2. The van der Waals surface area contributed by atoms with E-state index in [4.69, 9.17) is 41.6 Å². The van der Waals surface area contributed by atoms with Crippen molar-refractivity contribution in [3.63, 3.8) is 0 Å². The highest BCUT2D eigenvalue weighted by atomic mass is 16.5. The van der Waals surface area contributed by atoms with Crippen molar-refractivity contribution in [2.75, 3.05) is 13.2 Å². The fraction of sp³-hybridized carbons (Fsp3) is 0.273. The lowest BCUT2D eigenvalue weighted by Gasteiger charge is -2.07. The van der Waals surface area contributed by atoms with Gasteiger partial charge < -0.3 is 29.9 Å². The summed E-state index contributed by atoms with van der Waals surface area (Å²) in [6.07, 6.45) is -4.53. The molecule has 2 aromatic carbocycles. The number of nitrogens with one attached hydrogen (secondary N) is 2. The number of carbonyl (C=O) groups excluding carboxylic acids is 2. The Hall–Kier alpha value is -4.24. The number of aliphatic hydroxyl groups excluding tert-OH is 2. The van der Waals surface area contributed by atoms with Crippen molar-refractivity contribution in [2.45, 2.75) is 26.1 Å². The van der Waals surface area contributed by atoms with Gasteiger partial charge in [0.1, 0.15) is 11.5 Å². The molecule has 36 heavy (non-hydrogen) atoms. The van der Waals surface area contributed by atoms with Gasteiger partial charge in [-0.3, -0.25) is 20.4 Å². The molecule has 0 radical (unpaired) electrons. The van der Waals surface area contributed by atoms with E-state index in [-0.39, 0.29) is 25.0 Å². The van der Waals surface area contributed by atoms with E-state index < -0.39 is 24.1 Å². The molecule has 0 aromatic heterocycles. The molecule has 2 amide bonds. The van der Waals surface area contributed by atoms with E-state index in [1.807, 2.05) is 49.0 Å². The quantitative estimate of drug-likeness (QED) is 0.110. The van der Waals surface area contributed by atoms with Crippen LogP contribution in [0.5, 0.6) is 11.5 Å². The van der Waals surface area contributed by atoms with E-state index in [0.717, 1.165) is 11.1 Å². The smallest absolute Gasteiger partial charge is 0.335 e. The molecule has 0 aliphatic rings. The fourth-order valence-electron chi connectivity index (χ4n) is 1.92. The van der Waals surface area contributed by atoms with Gasteiger partial charge in [0.2, 0.25) is 0 Å². The third kappa shape index (κ3) is 14.1. The number of carboxylic acid groups (broad SMARTS) is 2. The molecule has 10 N–H and O–H groups in total. The molecule has 0 saturated heterocycles. The summed E-state index contributed by atoms with van der Waals surface area (Å²) in [6, 6.07) is 14.9. The molecular weight excluding hydrogens is 480 g/mol. The van der Waals surface area contributed by atoms with Gasteiger partial charge in [0.05, 0.1) is 0 Å². The number of aliphatic carboxylic acids is 2. The first-order valence-corrected chi connectivity index (χ1v) is 10.1. The van der Waals surface area contributed by atoms with Gasteiger partial charge in [-0.05, 0) is 38.1 Å². The van der Waals surface area contributed by atoms with Crippen molar-refractivity contribution in [2.24, 2.45) is 11.7 Å². The van der Waals surface area contributed by atoms with Crippen LogP contribution in [-0.2, 0) is 19.2 Å².